The molecule has 280 valence electrons. The summed E-state index contributed by atoms with van der Waals surface area (Å²) >= 11 is 0. The van der Waals surface area contributed by atoms with Gasteiger partial charge in [0.1, 0.15) is 0 Å². The number of aliphatic carboxylic acids is 3. The molecule has 6 N–H and O–H groups in total. The summed E-state index contributed by atoms with van der Waals surface area (Å²) in [5, 5.41) is 34.4. The number of carboxylic acid groups (broad SMARTS) is 3. The number of amides is 2. The monoisotopic (exact) mass is 713 g/mol. The molecular weight excluding hydrogens is 662 g/mol. The first-order valence-corrected chi connectivity index (χ1v) is 17.0. The number of rotatable bonds is 18. The van der Waals surface area contributed by atoms with Crippen LogP contribution in [0.15, 0.2) is 54.6 Å². The van der Waals surface area contributed by atoms with Crippen LogP contribution in [0.5, 0.6) is 0 Å². The number of aryl methyl sites for hydroxylation is 1. The zero-order valence-corrected chi connectivity index (χ0v) is 29.2. The maximum Gasteiger partial charge on any atom is 0.317 e. The Morgan fingerprint density at radius 1 is 0.627 bits per heavy atom. The molecule has 0 spiro atoms. The predicted octanol–water partition coefficient (Wildman–Crippen LogP) is -0.453. The Morgan fingerprint density at radius 3 is 1.49 bits per heavy atom. The van der Waals surface area contributed by atoms with Gasteiger partial charge in [-0.25, -0.2) is 5.48 Å². The van der Waals surface area contributed by atoms with E-state index in [1.807, 2.05) is 59.5 Å². The molecule has 1 heterocycles. The second kappa shape index (κ2) is 22.4. The number of hydrogen-bond acceptors (Lipinski definition) is 11. The van der Waals surface area contributed by atoms with Crippen molar-refractivity contribution in [1.82, 2.24) is 35.7 Å². The third kappa shape index (κ3) is 16.9. The lowest BCUT2D eigenvalue weighted by atomic mass is 10.0. The number of carbonyl (C=O) groups is 5. The zero-order valence-electron chi connectivity index (χ0n) is 29.2. The van der Waals surface area contributed by atoms with Gasteiger partial charge in [0, 0.05) is 65.4 Å². The van der Waals surface area contributed by atoms with Crippen LogP contribution in [0.2, 0.25) is 0 Å². The van der Waals surface area contributed by atoms with E-state index in [0.29, 0.717) is 65.3 Å². The average Bonchev–Trinajstić information content (AvgIpc) is 3.09. The van der Waals surface area contributed by atoms with Crippen molar-refractivity contribution in [3.05, 3.63) is 71.3 Å². The second-order valence-electron chi connectivity index (χ2n) is 12.5. The highest BCUT2D eigenvalue weighted by atomic mass is 16.6. The Balaban J connectivity index is 1.55. The third-order valence-corrected chi connectivity index (χ3v) is 8.52. The highest BCUT2D eigenvalue weighted by Gasteiger charge is 2.21. The van der Waals surface area contributed by atoms with E-state index < -0.39 is 23.9 Å². The molecule has 51 heavy (non-hydrogen) atoms. The van der Waals surface area contributed by atoms with E-state index in [-0.39, 0.29) is 44.5 Å². The summed E-state index contributed by atoms with van der Waals surface area (Å²) in [5.74, 6) is -3.53. The van der Waals surface area contributed by atoms with Gasteiger partial charge in [-0.2, -0.15) is 0 Å². The summed E-state index contributed by atoms with van der Waals surface area (Å²) in [6.45, 7) is 2.65. The van der Waals surface area contributed by atoms with Crippen LogP contribution in [0, 0.1) is 0 Å². The van der Waals surface area contributed by atoms with Gasteiger partial charge in [0.2, 0.25) is 5.91 Å². The lowest BCUT2D eigenvalue weighted by Gasteiger charge is -2.32. The number of hydrogen-bond donors (Lipinski definition) is 6. The van der Waals surface area contributed by atoms with Gasteiger partial charge in [-0.05, 0) is 29.5 Å². The molecular formula is C35H51N7O9. The van der Waals surface area contributed by atoms with E-state index in [2.05, 4.69) is 16.1 Å². The van der Waals surface area contributed by atoms with Gasteiger partial charge in [-0.3, -0.25) is 48.4 Å². The smallest absolute Gasteiger partial charge is 0.317 e. The standard InChI is InChI=1S/C35H51N7O9/c1-51-38-35(50)30(12-11-27-5-3-2-4-6-27)36-21-28-7-9-29(10-8-28)22-37-31(43)23-39-13-15-40(24-32(44)45)17-19-42(26-34(48)49)20-18-41(16-14-39)25-33(46)47/h2-10,30,36H,11-26H2,1H3,(H,37,43)(H,38,50)(H,44,45)(H,46,47)(H,48,49). The molecule has 16 heteroatoms. The van der Waals surface area contributed by atoms with Gasteiger partial charge >= 0.3 is 17.9 Å². The Morgan fingerprint density at radius 2 is 1.06 bits per heavy atom. The fourth-order valence-electron chi connectivity index (χ4n) is 5.71. The molecule has 0 aliphatic carbocycles. The van der Waals surface area contributed by atoms with Gasteiger partial charge in [-0.1, -0.05) is 54.6 Å². The Hall–Kier alpha value is -4.45. The lowest BCUT2D eigenvalue weighted by Crippen LogP contribution is -2.49. The van der Waals surface area contributed by atoms with Crippen LogP contribution in [0.25, 0.3) is 0 Å². The number of hydroxylamine groups is 1. The topological polar surface area (TPSA) is 204 Å². The first-order chi connectivity index (χ1) is 24.5. The van der Waals surface area contributed by atoms with Gasteiger partial charge in [0.15, 0.2) is 0 Å². The van der Waals surface area contributed by atoms with Crippen LogP contribution >= 0.6 is 0 Å². The molecule has 2 amide bonds. The number of carboxylic acids is 3. The lowest BCUT2D eigenvalue weighted by molar-refractivity contribution is -0.140. The first kappa shape index (κ1) is 41.0. The molecule has 2 aromatic rings. The van der Waals surface area contributed by atoms with Gasteiger partial charge in [0.05, 0.1) is 39.3 Å². The van der Waals surface area contributed by atoms with E-state index in [0.717, 1.165) is 23.1 Å². The van der Waals surface area contributed by atoms with Crippen LogP contribution in [0.1, 0.15) is 23.1 Å². The van der Waals surface area contributed by atoms with Gasteiger partial charge in [-0.15, -0.1) is 0 Å². The van der Waals surface area contributed by atoms with Gasteiger partial charge in [0.25, 0.3) is 5.91 Å². The molecule has 2 aromatic carbocycles. The quantitative estimate of drug-likeness (QED) is 0.108. The normalized spacial score (nSPS) is 16.3. The minimum absolute atomic E-state index is 0.0306. The van der Waals surface area contributed by atoms with Crippen molar-refractivity contribution < 1.29 is 44.1 Å². The van der Waals surface area contributed by atoms with E-state index >= 15 is 0 Å². The fourth-order valence-corrected chi connectivity index (χ4v) is 5.71. The zero-order chi connectivity index (χ0) is 37.0. The number of carbonyl (C=O) groups excluding carboxylic acids is 2. The van der Waals surface area contributed by atoms with Crippen molar-refractivity contribution in [1.29, 1.82) is 0 Å². The largest absolute Gasteiger partial charge is 0.480 e. The number of nitrogens with one attached hydrogen (secondary N) is 3. The van der Waals surface area contributed by atoms with E-state index in [9.17, 15) is 39.3 Å². The number of nitrogens with zero attached hydrogens (tertiary/aromatic N) is 4. The van der Waals surface area contributed by atoms with Crippen molar-refractivity contribution in [3.63, 3.8) is 0 Å². The van der Waals surface area contributed by atoms with E-state index in [1.165, 1.54) is 7.11 Å². The molecule has 1 saturated heterocycles. The first-order valence-electron chi connectivity index (χ1n) is 17.0. The highest BCUT2D eigenvalue weighted by Crippen LogP contribution is 2.09. The summed E-state index contributed by atoms with van der Waals surface area (Å²) < 4.78 is 0. The predicted molar refractivity (Wildman–Crippen MR) is 187 cm³/mol. The van der Waals surface area contributed by atoms with Crippen molar-refractivity contribution in [3.8, 4) is 0 Å². The minimum Gasteiger partial charge on any atom is -0.480 e. The Kier molecular flexibility index (Phi) is 18.0. The second-order valence-corrected chi connectivity index (χ2v) is 12.5. The summed E-state index contributed by atoms with van der Waals surface area (Å²) in [6.07, 6.45) is 1.31. The van der Waals surface area contributed by atoms with Crippen LogP contribution in [0.4, 0.5) is 0 Å². The molecule has 1 aliphatic heterocycles. The number of benzene rings is 2. The van der Waals surface area contributed by atoms with Crippen molar-refractivity contribution in [2.45, 2.75) is 32.0 Å². The van der Waals surface area contributed by atoms with Gasteiger partial charge < -0.3 is 26.0 Å². The van der Waals surface area contributed by atoms with Crippen LogP contribution < -0.4 is 16.1 Å². The maximum absolute atomic E-state index is 13.1. The molecule has 0 radical (unpaired) electrons. The minimum atomic E-state index is -1.02. The van der Waals surface area contributed by atoms with Crippen LogP contribution in [-0.2, 0) is 48.3 Å². The molecule has 1 unspecified atom stereocenters. The molecule has 0 aromatic heterocycles. The molecule has 16 nitrogen and oxygen atoms in total. The van der Waals surface area contributed by atoms with Crippen LogP contribution in [0.3, 0.4) is 0 Å². The Labute approximate surface area is 298 Å². The fraction of sp³-hybridized carbons (Fsp3) is 0.514. The SMILES string of the molecule is CONC(=O)C(CCc1ccccc1)NCc1ccc(CNC(=O)CN2CCN(CC(=O)O)CCN(CC(=O)O)CCN(CC(=O)O)CC2)cc1. The van der Waals surface area contributed by atoms with Crippen molar-refractivity contribution in [2.75, 3.05) is 85.6 Å². The van der Waals surface area contributed by atoms with Crippen molar-refractivity contribution >= 4 is 29.7 Å². The molecule has 0 saturated carbocycles. The molecule has 0 bridgehead atoms. The molecule has 1 fully saturated rings. The Bertz CT molecular complexity index is 1370. The summed E-state index contributed by atoms with van der Waals surface area (Å²) in [5.41, 5.74) is 5.39. The summed E-state index contributed by atoms with van der Waals surface area (Å²) in [6, 6.07) is 17.1. The van der Waals surface area contributed by atoms with E-state index in [4.69, 9.17) is 4.84 Å². The van der Waals surface area contributed by atoms with E-state index in [1.54, 1.807) is 14.7 Å². The average molecular weight is 714 g/mol. The molecule has 3 rings (SSSR count). The molecule has 1 atom stereocenters. The van der Waals surface area contributed by atoms with Crippen LogP contribution in [-0.4, -0.2) is 156 Å². The molecule has 1 aliphatic rings. The third-order valence-electron chi connectivity index (χ3n) is 8.52. The summed E-state index contributed by atoms with van der Waals surface area (Å²) in [7, 11) is 1.40. The van der Waals surface area contributed by atoms with Crippen molar-refractivity contribution in [2.24, 2.45) is 0 Å². The maximum atomic E-state index is 13.1. The summed E-state index contributed by atoms with van der Waals surface area (Å²) in [4.78, 5) is 71.9. The highest BCUT2D eigenvalue weighted by molar-refractivity contribution is 5.80.